The van der Waals surface area contributed by atoms with E-state index in [0.717, 1.165) is 0 Å². The maximum absolute atomic E-state index is 11.2. The molecule has 0 aromatic rings. The molecule has 0 spiro atoms. The minimum absolute atomic E-state index is 0.241. The van der Waals surface area contributed by atoms with Crippen molar-refractivity contribution in [2.75, 3.05) is 0 Å². The highest BCUT2D eigenvalue weighted by molar-refractivity contribution is 9.10. The quantitative estimate of drug-likeness (QED) is 0.441. The van der Waals surface area contributed by atoms with Crippen molar-refractivity contribution in [1.29, 1.82) is 0 Å². The number of esters is 2. The molecular weight excluding hydrogens is 252 g/mol. The third-order valence-electron chi connectivity index (χ3n) is 1.12. The first-order valence-corrected chi connectivity index (χ1v) is 5.31. The van der Waals surface area contributed by atoms with Crippen LogP contribution >= 0.6 is 15.9 Å². The van der Waals surface area contributed by atoms with Crippen LogP contribution in [-0.4, -0.2) is 29.0 Å². The number of ether oxygens (including phenoxy) is 2. The monoisotopic (exact) mass is 266 g/mol. The number of alkyl halides is 1. The van der Waals surface area contributed by atoms with E-state index >= 15 is 0 Å². The lowest BCUT2D eigenvalue weighted by atomic mass is 10.4. The van der Waals surface area contributed by atoms with Gasteiger partial charge in [0.1, 0.15) is 0 Å². The van der Waals surface area contributed by atoms with Gasteiger partial charge in [-0.25, -0.2) is 0 Å². The van der Waals surface area contributed by atoms with E-state index in [1.807, 2.05) is 0 Å². The van der Waals surface area contributed by atoms with Crippen molar-refractivity contribution in [3.63, 3.8) is 0 Å². The molecule has 0 aliphatic heterocycles. The van der Waals surface area contributed by atoms with Crippen molar-refractivity contribution in [2.24, 2.45) is 0 Å². The van der Waals surface area contributed by atoms with Gasteiger partial charge in [-0.3, -0.25) is 9.59 Å². The Morgan fingerprint density at radius 2 is 1.21 bits per heavy atom. The average molecular weight is 267 g/mol. The maximum atomic E-state index is 11.2. The lowest BCUT2D eigenvalue weighted by Gasteiger charge is -2.13. The first-order chi connectivity index (χ1) is 6.34. The molecule has 82 valence electrons. The van der Waals surface area contributed by atoms with Gasteiger partial charge in [-0.15, -0.1) is 0 Å². The van der Waals surface area contributed by atoms with Gasteiger partial charge in [-0.2, -0.15) is 0 Å². The third-order valence-corrected chi connectivity index (χ3v) is 1.87. The summed E-state index contributed by atoms with van der Waals surface area (Å²) in [5.74, 6) is -1.24. The number of carbonyl (C=O) groups is 2. The third kappa shape index (κ3) is 5.21. The Kier molecular flexibility index (Phi) is 5.76. The second-order valence-corrected chi connectivity index (χ2v) is 4.25. The lowest BCUT2D eigenvalue weighted by Crippen LogP contribution is -2.31. The van der Waals surface area contributed by atoms with Crippen LogP contribution in [0.15, 0.2) is 0 Å². The topological polar surface area (TPSA) is 52.6 Å². The van der Waals surface area contributed by atoms with Gasteiger partial charge in [-0.05, 0) is 27.7 Å². The molecule has 0 aliphatic rings. The Hall–Kier alpha value is -0.580. The molecule has 0 aromatic heterocycles. The highest BCUT2D eigenvalue weighted by atomic mass is 79.9. The summed E-state index contributed by atoms with van der Waals surface area (Å²) in [6.07, 6.45) is -0.483. The highest BCUT2D eigenvalue weighted by Crippen LogP contribution is 2.08. The first kappa shape index (κ1) is 13.4. The Balaban J connectivity index is 4.11. The molecule has 0 aromatic carbocycles. The van der Waals surface area contributed by atoms with Crippen LogP contribution in [-0.2, 0) is 19.1 Å². The zero-order chi connectivity index (χ0) is 11.3. The predicted molar refractivity (Wildman–Crippen MR) is 55.2 cm³/mol. The fraction of sp³-hybridized carbons (Fsp3) is 0.778. The minimum atomic E-state index is -1.03. The van der Waals surface area contributed by atoms with Gasteiger partial charge >= 0.3 is 11.9 Å². The van der Waals surface area contributed by atoms with E-state index in [1.54, 1.807) is 27.7 Å². The van der Waals surface area contributed by atoms with Crippen molar-refractivity contribution in [1.82, 2.24) is 0 Å². The van der Waals surface area contributed by atoms with Crippen LogP contribution in [0.5, 0.6) is 0 Å². The Labute approximate surface area is 92.1 Å². The molecule has 0 aliphatic carbocycles. The van der Waals surface area contributed by atoms with Crippen molar-refractivity contribution < 1.29 is 19.1 Å². The molecular formula is C9H15BrO4. The molecule has 0 amide bonds. The average Bonchev–Trinajstić information content (AvgIpc) is 2.00. The molecule has 0 radical (unpaired) electrons. The van der Waals surface area contributed by atoms with E-state index in [2.05, 4.69) is 15.9 Å². The van der Waals surface area contributed by atoms with Crippen LogP contribution in [0.4, 0.5) is 0 Å². The van der Waals surface area contributed by atoms with Gasteiger partial charge in [0.15, 0.2) is 0 Å². The summed E-state index contributed by atoms with van der Waals surface area (Å²) >= 11 is 2.92. The van der Waals surface area contributed by atoms with Gasteiger partial charge < -0.3 is 9.47 Å². The summed E-state index contributed by atoms with van der Waals surface area (Å²) in [5.41, 5.74) is 0. The number of hydrogen-bond acceptors (Lipinski definition) is 4. The number of halogens is 1. The van der Waals surface area contributed by atoms with E-state index in [1.165, 1.54) is 0 Å². The van der Waals surface area contributed by atoms with Crippen molar-refractivity contribution >= 4 is 27.9 Å². The van der Waals surface area contributed by atoms with Crippen LogP contribution in [0, 0.1) is 0 Å². The zero-order valence-corrected chi connectivity index (χ0v) is 10.3. The smallest absolute Gasteiger partial charge is 0.331 e. The summed E-state index contributed by atoms with van der Waals surface area (Å²) in [6.45, 7) is 6.85. The van der Waals surface area contributed by atoms with Crippen LogP contribution in [0.25, 0.3) is 0 Å². The van der Waals surface area contributed by atoms with Gasteiger partial charge in [-0.1, -0.05) is 15.9 Å². The van der Waals surface area contributed by atoms with Crippen LogP contribution in [0.3, 0.4) is 0 Å². The van der Waals surface area contributed by atoms with Gasteiger partial charge in [0.05, 0.1) is 12.2 Å². The summed E-state index contributed by atoms with van der Waals surface area (Å²) < 4.78 is 9.66. The lowest BCUT2D eigenvalue weighted by molar-refractivity contribution is -0.157. The van der Waals surface area contributed by atoms with E-state index in [4.69, 9.17) is 9.47 Å². The standard InChI is InChI=1S/C9H15BrO4/c1-5(2)13-8(11)7(10)9(12)14-6(3)4/h5-7H,1-4H3. The van der Waals surface area contributed by atoms with Gasteiger partial charge in [0, 0.05) is 0 Å². The second kappa shape index (κ2) is 6.01. The molecule has 14 heavy (non-hydrogen) atoms. The van der Waals surface area contributed by atoms with E-state index < -0.39 is 16.8 Å². The molecule has 0 N–H and O–H groups in total. The van der Waals surface area contributed by atoms with Crippen LogP contribution in [0.2, 0.25) is 0 Å². The highest BCUT2D eigenvalue weighted by Gasteiger charge is 2.27. The summed E-state index contributed by atoms with van der Waals surface area (Å²) in [4.78, 5) is 21.4. The van der Waals surface area contributed by atoms with Gasteiger partial charge in [0.2, 0.25) is 4.83 Å². The fourth-order valence-electron chi connectivity index (χ4n) is 0.680. The SMILES string of the molecule is CC(C)OC(=O)C(Br)C(=O)OC(C)C. The summed E-state index contributed by atoms with van der Waals surface area (Å²) in [6, 6.07) is 0. The second-order valence-electron chi connectivity index (χ2n) is 3.33. The Morgan fingerprint density at radius 1 is 0.929 bits per heavy atom. The molecule has 5 heteroatoms. The molecule has 0 rings (SSSR count). The van der Waals surface area contributed by atoms with E-state index in [9.17, 15) is 9.59 Å². The predicted octanol–water partition coefficient (Wildman–Crippen LogP) is 1.65. The molecule has 0 saturated heterocycles. The van der Waals surface area contributed by atoms with E-state index in [-0.39, 0.29) is 12.2 Å². The number of hydrogen-bond donors (Lipinski definition) is 0. The van der Waals surface area contributed by atoms with Crippen molar-refractivity contribution in [2.45, 2.75) is 44.7 Å². The molecule has 0 unspecified atom stereocenters. The summed E-state index contributed by atoms with van der Waals surface area (Å²) in [5, 5.41) is 0. The zero-order valence-electron chi connectivity index (χ0n) is 8.74. The van der Waals surface area contributed by atoms with E-state index in [0.29, 0.717) is 0 Å². The molecule has 0 heterocycles. The normalized spacial score (nSPS) is 10.9. The molecule has 0 atom stereocenters. The van der Waals surface area contributed by atoms with Crippen LogP contribution in [0.1, 0.15) is 27.7 Å². The molecule has 0 bridgehead atoms. The Morgan fingerprint density at radius 3 is 1.43 bits per heavy atom. The Bertz CT molecular complexity index is 191. The van der Waals surface area contributed by atoms with Crippen LogP contribution < -0.4 is 0 Å². The molecule has 0 fully saturated rings. The van der Waals surface area contributed by atoms with Crippen molar-refractivity contribution in [3.8, 4) is 0 Å². The van der Waals surface area contributed by atoms with Gasteiger partial charge in [0.25, 0.3) is 0 Å². The fourth-order valence-corrected chi connectivity index (χ4v) is 0.896. The summed E-state index contributed by atoms with van der Waals surface area (Å²) in [7, 11) is 0. The number of rotatable bonds is 4. The minimum Gasteiger partial charge on any atom is -0.462 e. The number of carbonyl (C=O) groups excluding carboxylic acids is 2. The largest absolute Gasteiger partial charge is 0.462 e. The first-order valence-electron chi connectivity index (χ1n) is 4.39. The molecule has 0 saturated carbocycles. The molecule has 4 nitrogen and oxygen atoms in total. The maximum Gasteiger partial charge on any atom is 0.331 e. The van der Waals surface area contributed by atoms with Crippen molar-refractivity contribution in [3.05, 3.63) is 0 Å².